The highest BCUT2D eigenvalue weighted by atomic mass is 19.1. The third kappa shape index (κ3) is 4.19. The van der Waals surface area contributed by atoms with Crippen molar-refractivity contribution < 1.29 is 27.5 Å². The number of anilines is 2. The summed E-state index contributed by atoms with van der Waals surface area (Å²) in [5.74, 6) is -1.36. The molecule has 1 saturated heterocycles. The van der Waals surface area contributed by atoms with E-state index in [-0.39, 0.29) is 24.4 Å². The second kappa shape index (κ2) is 8.97. The van der Waals surface area contributed by atoms with Gasteiger partial charge >= 0.3 is 0 Å². The molecule has 0 radical (unpaired) electrons. The molecule has 0 spiro atoms. The summed E-state index contributed by atoms with van der Waals surface area (Å²) in [5.41, 5.74) is 3.46. The van der Waals surface area contributed by atoms with Crippen LogP contribution in [0.25, 0.3) is 22.2 Å². The molecule has 7 nitrogen and oxygen atoms in total. The number of benzene rings is 3. The summed E-state index contributed by atoms with van der Waals surface area (Å²) in [4.78, 5) is 23.5. The van der Waals surface area contributed by atoms with Gasteiger partial charge in [-0.1, -0.05) is 0 Å². The number of nitrogens with zero attached hydrogens (tertiary/aromatic N) is 1. The predicted molar refractivity (Wildman–Crippen MR) is 132 cm³/mol. The van der Waals surface area contributed by atoms with Crippen LogP contribution in [0.5, 0.6) is 5.75 Å². The van der Waals surface area contributed by atoms with Gasteiger partial charge in [-0.25, -0.2) is 13.2 Å². The molecule has 0 bridgehead atoms. The van der Waals surface area contributed by atoms with Gasteiger partial charge in [0.1, 0.15) is 23.6 Å². The van der Waals surface area contributed by atoms with Crippen LogP contribution in [0.15, 0.2) is 60.7 Å². The van der Waals surface area contributed by atoms with Crippen LogP contribution in [-0.4, -0.2) is 35.6 Å². The molecule has 1 aromatic heterocycles. The smallest absolute Gasteiger partial charge is 0.241 e. The van der Waals surface area contributed by atoms with E-state index in [1.165, 1.54) is 12.1 Å². The van der Waals surface area contributed by atoms with Crippen molar-refractivity contribution in [2.75, 3.05) is 17.2 Å². The molecule has 2 aliphatic heterocycles. The first-order valence-corrected chi connectivity index (χ1v) is 11.7. The first-order chi connectivity index (χ1) is 17.9. The van der Waals surface area contributed by atoms with Crippen molar-refractivity contribution in [3.05, 3.63) is 77.9 Å². The zero-order valence-corrected chi connectivity index (χ0v) is 19.3. The largest absolute Gasteiger partial charge is 0.465 e. The molecule has 3 aromatic carbocycles. The Morgan fingerprint density at radius 3 is 2.54 bits per heavy atom. The van der Waals surface area contributed by atoms with Crippen molar-refractivity contribution in [2.45, 2.75) is 24.9 Å². The number of nitrogens with one attached hydrogen (secondary N) is 3. The lowest BCUT2D eigenvalue weighted by Gasteiger charge is -2.30. The lowest BCUT2D eigenvalue weighted by atomic mass is 10.1. The van der Waals surface area contributed by atoms with Gasteiger partial charge in [0, 0.05) is 53.0 Å². The summed E-state index contributed by atoms with van der Waals surface area (Å²) in [6.45, 7) is 0.148. The summed E-state index contributed by atoms with van der Waals surface area (Å²) in [5, 5.41) is 9.02. The van der Waals surface area contributed by atoms with E-state index in [1.54, 1.807) is 36.4 Å². The van der Waals surface area contributed by atoms with Crippen LogP contribution < -0.4 is 20.7 Å². The van der Waals surface area contributed by atoms with Crippen LogP contribution in [0.4, 0.5) is 24.5 Å². The Morgan fingerprint density at radius 2 is 1.81 bits per heavy atom. The molecule has 37 heavy (non-hydrogen) atoms. The topological polar surface area (TPSA) is 84.4 Å². The van der Waals surface area contributed by atoms with Crippen LogP contribution >= 0.6 is 0 Å². The maximum atomic E-state index is 14.2. The Bertz CT molecular complexity index is 1530. The highest BCUT2D eigenvalue weighted by molar-refractivity contribution is 5.98. The van der Waals surface area contributed by atoms with Gasteiger partial charge in [-0.15, -0.1) is 0 Å². The number of hydrogen-bond donors (Lipinski definition) is 3. The second-order valence-corrected chi connectivity index (χ2v) is 9.10. The van der Waals surface area contributed by atoms with Crippen molar-refractivity contribution in [2.24, 2.45) is 0 Å². The number of carbonyl (C=O) groups is 2. The second-order valence-electron chi connectivity index (χ2n) is 9.10. The predicted octanol–water partition coefficient (Wildman–Crippen LogP) is 4.73. The molecule has 3 heterocycles. The normalized spacial score (nSPS) is 20.1. The molecule has 3 unspecified atom stereocenters. The molecule has 3 atom stereocenters. The van der Waals surface area contributed by atoms with E-state index < -0.39 is 30.1 Å². The molecule has 2 aliphatic rings. The summed E-state index contributed by atoms with van der Waals surface area (Å²) >= 11 is 0. The number of ether oxygens (including phenoxy) is 1. The van der Waals surface area contributed by atoms with Gasteiger partial charge in [-0.3, -0.25) is 9.59 Å². The Balaban J connectivity index is 1.45. The van der Waals surface area contributed by atoms with Crippen molar-refractivity contribution in [1.29, 1.82) is 0 Å². The van der Waals surface area contributed by atoms with E-state index in [1.807, 2.05) is 10.6 Å². The first kappa shape index (κ1) is 23.1. The molecule has 2 amide bonds. The van der Waals surface area contributed by atoms with E-state index in [0.717, 1.165) is 22.7 Å². The Hall–Kier alpha value is -4.31. The molecule has 0 saturated carbocycles. The van der Waals surface area contributed by atoms with Crippen LogP contribution in [-0.2, 0) is 9.59 Å². The molecule has 188 valence electrons. The number of hydrogen-bond acceptors (Lipinski definition) is 4. The van der Waals surface area contributed by atoms with Gasteiger partial charge in [-0.2, -0.15) is 0 Å². The summed E-state index contributed by atoms with van der Waals surface area (Å²) in [7, 11) is 0. The molecule has 6 rings (SSSR count). The van der Waals surface area contributed by atoms with Crippen molar-refractivity contribution >= 4 is 34.6 Å². The zero-order valence-electron chi connectivity index (χ0n) is 19.3. The maximum Gasteiger partial charge on any atom is 0.241 e. The summed E-state index contributed by atoms with van der Waals surface area (Å²) in [6.07, 6.45) is -1.29. The van der Waals surface area contributed by atoms with E-state index in [9.17, 15) is 22.8 Å². The quantitative estimate of drug-likeness (QED) is 0.342. The molecule has 10 heteroatoms. The van der Waals surface area contributed by atoms with Gasteiger partial charge in [0.15, 0.2) is 0 Å². The van der Waals surface area contributed by atoms with E-state index in [4.69, 9.17) is 4.74 Å². The minimum Gasteiger partial charge on any atom is -0.465 e. The lowest BCUT2D eigenvalue weighted by Crippen LogP contribution is -2.35. The SMILES string of the molecule is O=CNc1ccc2c(c1)OC(c1cc(F)cc(F)c1)n1c-2cc2cc(NC(=O)C3CC(F)CN3)ccc21. The minimum atomic E-state index is -1.05. The minimum absolute atomic E-state index is 0.121. The lowest BCUT2D eigenvalue weighted by molar-refractivity contribution is -0.117. The summed E-state index contributed by atoms with van der Waals surface area (Å²) < 4.78 is 49.9. The van der Waals surface area contributed by atoms with E-state index in [2.05, 4.69) is 16.0 Å². The number of halogens is 3. The van der Waals surface area contributed by atoms with Crippen molar-refractivity contribution in [1.82, 2.24) is 9.88 Å². The molecule has 4 aromatic rings. The first-order valence-electron chi connectivity index (χ1n) is 11.7. The Kier molecular flexibility index (Phi) is 5.60. The molecular weight excluding hydrogens is 485 g/mol. The average molecular weight is 506 g/mol. The van der Waals surface area contributed by atoms with Gasteiger partial charge < -0.3 is 25.3 Å². The van der Waals surface area contributed by atoms with Crippen LogP contribution in [0, 0.1) is 11.6 Å². The number of rotatable bonds is 5. The highest BCUT2D eigenvalue weighted by Gasteiger charge is 2.31. The van der Waals surface area contributed by atoms with Gasteiger partial charge in [-0.05, 0) is 48.5 Å². The zero-order chi connectivity index (χ0) is 25.7. The van der Waals surface area contributed by atoms with Gasteiger partial charge in [0.05, 0.1) is 17.3 Å². The fourth-order valence-corrected chi connectivity index (χ4v) is 4.99. The molecular formula is C27H21F3N4O3. The number of aromatic nitrogens is 1. The van der Waals surface area contributed by atoms with E-state index >= 15 is 0 Å². The third-order valence-corrected chi connectivity index (χ3v) is 6.63. The van der Waals surface area contributed by atoms with E-state index in [0.29, 0.717) is 29.1 Å². The van der Waals surface area contributed by atoms with Crippen molar-refractivity contribution in [3.8, 4) is 17.0 Å². The van der Waals surface area contributed by atoms with Crippen LogP contribution in [0.1, 0.15) is 18.2 Å². The molecule has 0 aliphatic carbocycles. The van der Waals surface area contributed by atoms with Crippen LogP contribution in [0.2, 0.25) is 0 Å². The van der Waals surface area contributed by atoms with Gasteiger partial charge in [0.2, 0.25) is 18.5 Å². The maximum absolute atomic E-state index is 14.2. The Labute approximate surface area is 209 Å². The molecule has 3 N–H and O–H groups in total. The fourth-order valence-electron chi connectivity index (χ4n) is 4.99. The van der Waals surface area contributed by atoms with Gasteiger partial charge in [0.25, 0.3) is 0 Å². The van der Waals surface area contributed by atoms with Crippen LogP contribution in [0.3, 0.4) is 0 Å². The average Bonchev–Trinajstić information content (AvgIpc) is 3.46. The third-order valence-electron chi connectivity index (χ3n) is 6.63. The fraction of sp³-hybridized carbons (Fsp3) is 0.185. The molecule has 1 fully saturated rings. The number of carbonyl (C=O) groups excluding carboxylic acids is 2. The highest BCUT2D eigenvalue weighted by Crippen LogP contribution is 2.45. The van der Waals surface area contributed by atoms with Crippen molar-refractivity contribution in [3.63, 3.8) is 0 Å². The monoisotopic (exact) mass is 506 g/mol. The Morgan fingerprint density at radius 1 is 1.03 bits per heavy atom. The number of fused-ring (bicyclic) bond motifs is 5. The summed E-state index contributed by atoms with van der Waals surface area (Å²) in [6, 6.07) is 14.9. The standard InChI is InChI=1S/C27H21F3N4O3/c28-16-5-15(6-17(29)9-16)27-34-23-4-2-20(33-26(36)22-10-18(30)12-31-22)7-14(23)8-24(34)21-3-1-19(32-13-35)11-25(21)37-27/h1-9,11,13,18,22,27,31H,10,12H2,(H,32,35)(H,33,36). The number of amides is 2. The number of alkyl halides is 1.